The molecule has 0 atom stereocenters. The van der Waals surface area contributed by atoms with Crippen LogP contribution in [0.1, 0.15) is 25.0 Å². The van der Waals surface area contributed by atoms with Crippen LogP contribution in [0, 0.1) is 0 Å². The van der Waals surface area contributed by atoms with Gasteiger partial charge in [0.15, 0.2) is 17.5 Å². The zero-order valence-electron chi connectivity index (χ0n) is 18.0. The van der Waals surface area contributed by atoms with Gasteiger partial charge in [-0.2, -0.15) is 0 Å². The Morgan fingerprint density at radius 2 is 1.70 bits per heavy atom. The van der Waals surface area contributed by atoms with Crippen LogP contribution >= 0.6 is 0 Å². The summed E-state index contributed by atoms with van der Waals surface area (Å²) >= 11 is 0. The van der Waals surface area contributed by atoms with Crippen LogP contribution in [-0.2, 0) is 22.3 Å². The topological polar surface area (TPSA) is 101 Å². The number of aliphatic imine (C=N–C) groups is 1. The van der Waals surface area contributed by atoms with E-state index in [1.54, 1.807) is 41.2 Å². The largest absolute Gasteiger partial charge is 0.493 e. The summed E-state index contributed by atoms with van der Waals surface area (Å²) in [5.41, 5.74) is 2.39. The molecule has 0 heterocycles. The Balaban J connectivity index is 2.09. The van der Waals surface area contributed by atoms with Crippen molar-refractivity contribution >= 4 is 21.7 Å². The molecule has 0 fully saturated rings. The zero-order chi connectivity index (χ0) is 22.1. The predicted molar refractivity (Wildman–Crippen MR) is 121 cm³/mol. The predicted octanol–water partition coefficient (Wildman–Crippen LogP) is 2.72. The summed E-state index contributed by atoms with van der Waals surface area (Å²) in [4.78, 5) is 4.23. The molecule has 9 heteroatoms. The maximum Gasteiger partial charge on any atom is 0.216 e. The molecule has 2 aromatic rings. The van der Waals surface area contributed by atoms with E-state index in [0.717, 1.165) is 16.8 Å². The van der Waals surface area contributed by atoms with Crippen molar-refractivity contribution < 1.29 is 17.9 Å². The second kappa shape index (κ2) is 10.8. The molecule has 0 spiro atoms. The Hall–Kier alpha value is -2.78. The molecular weight excluding hydrogens is 404 g/mol. The van der Waals surface area contributed by atoms with Crippen molar-refractivity contribution in [2.24, 2.45) is 4.99 Å². The summed E-state index contributed by atoms with van der Waals surface area (Å²) in [6, 6.07) is 12.8. The van der Waals surface area contributed by atoms with Crippen LogP contribution in [0.25, 0.3) is 0 Å². The van der Waals surface area contributed by atoms with Gasteiger partial charge in [0.25, 0.3) is 0 Å². The molecule has 0 aromatic heterocycles. The normalized spacial score (nSPS) is 12.0. The summed E-state index contributed by atoms with van der Waals surface area (Å²) in [7, 11) is 1.41. The fraction of sp³-hybridized carbons (Fsp3) is 0.381. The highest BCUT2D eigenvalue weighted by atomic mass is 32.2. The molecule has 0 radical (unpaired) electrons. The number of hydrogen-bond donors (Lipinski definition) is 3. The summed E-state index contributed by atoms with van der Waals surface area (Å²) in [5, 5.41) is 6.41. The minimum absolute atomic E-state index is 0.0786. The van der Waals surface area contributed by atoms with Crippen LogP contribution in [0.15, 0.2) is 47.5 Å². The van der Waals surface area contributed by atoms with E-state index in [-0.39, 0.29) is 11.8 Å². The summed E-state index contributed by atoms with van der Waals surface area (Å²) in [6.45, 7) is 4.02. The maximum absolute atomic E-state index is 12.3. The Labute approximate surface area is 178 Å². The number of nitrogens with zero attached hydrogens (tertiary/aromatic N) is 1. The lowest BCUT2D eigenvalue weighted by atomic mass is 10.1. The summed E-state index contributed by atoms with van der Waals surface area (Å²) in [5.74, 6) is 1.70. The molecule has 30 heavy (non-hydrogen) atoms. The molecule has 2 rings (SSSR count). The summed E-state index contributed by atoms with van der Waals surface area (Å²) in [6.07, 6.45) is 0. The molecule has 0 aliphatic carbocycles. The van der Waals surface area contributed by atoms with E-state index in [0.29, 0.717) is 24.0 Å². The van der Waals surface area contributed by atoms with Crippen LogP contribution in [0.5, 0.6) is 11.5 Å². The highest BCUT2D eigenvalue weighted by Crippen LogP contribution is 2.29. The van der Waals surface area contributed by atoms with Gasteiger partial charge in [0.05, 0.1) is 20.0 Å². The first-order chi connectivity index (χ1) is 14.3. The molecule has 0 aliphatic heterocycles. The van der Waals surface area contributed by atoms with Gasteiger partial charge in [0.2, 0.25) is 10.0 Å². The van der Waals surface area contributed by atoms with E-state index in [1.165, 1.54) is 0 Å². The molecule has 0 saturated carbocycles. The van der Waals surface area contributed by atoms with Crippen molar-refractivity contribution in [2.75, 3.05) is 26.6 Å². The number of hydrogen-bond acceptors (Lipinski definition) is 5. The second-order valence-corrected chi connectivity index (χ2v) is 8.67. The van der Waals surface area contributed by atoms with Gasteiger partial charge in [-0.15, -0.1) is 0 Å². The molecule has 164 valence electrons. The third kappa shape index (κ3) is 6.93. The highest BCUT2D eigenvalue weighted by Gasteiger charge is 2.15. The van der Waals surface area contributed by atoms with E-state index in [2.05, 4.69) is 20.3 Å². The fourth-order valence-electron chi connectivity index (χ4n) is 2.89. The average molecular weight is 435 g/mol. The van der Waals surface area contributed by atoms with E-state index in [4.69, 9.17) is 9.47 Å². The lowest BCUT2D eigenvalue weighted by Gasteiger charge is -2.16. The van der Waals surface area contributed by atoms with Gasteiger partial charge >= 0.3 is 0 Å². The number of benzene rings is 2. The minimum atomic E-state index is -3.41. The molecule has 0 amide bonds. The Morgan fingerprint density at radius 3 is 2.30 bits per heavy atom. The molecule has 0 aliphatic rings. The van der Waals surface area contributed by atoms with Crippen LogP contribution in [-0.4, -0.2) is 41.7 Å². The third-order valence-corrected chi connectivity index (χ3v) is 5.72. The molecule has 3 N–H and O–H groups in total. The average Bonchev–Trinajstić information content (AvgIpc) is 2.70. The van der Waals surface area contributed by atoms with E-state index in [9.17, 15) is 8.42 Å². The van der Waals surface area contributed by atoms with Crippen molar-refractivity contribution in [3.63, 3.8) is 0 Å². The van der Waals surface area contributed by atoms with Gasteiger partial charge in [0.1, 0.15) is 0 Å². The van der Waals surface area contributed by atoms with Crippen molar-refractivity contribution in [1.82, 2.24) is 10.0 Å². The SMILES string of the molecule is CN=C(NCc1ccccc1CS(=O)(=O)NC(C)C)Nc1ccc(OC)c(OC)c1. The van der Waals surface area contributed by atoms with Crippen LogP contribution in [0.2, 0.25) is 0 Å². The number of ether oxygens (including phenoxy) is 2. The Morgan fingerprint density at radius 1 is 1.03 bits per heavy atom. The molecule has 8 nitrogen and oxygen atoms in total. The lowest BCUT2D eigenvalue weighted by molar-refractivity contribution is 0.355. The molecule has 0 unspecified atom stereocenters. The zero-order valence-corrected chi connectivity index (χ0v) is 18.8. The molecule has 0 bridgehead atoms. The number of nitrogens with one attached hydrogen (secondary N) is 3. The van der Waals surface area contributed by atoms with Crippen molar-refractivity contribution in [1.29, 1.82) is 0 Å². The van der Waals surface area contributed by atoms with E-state index in [1.807, 2.05) is 36.4 Å². The monoisotopic (exact) mass is 434 g/mol. The maximum atomic E-state index is 12.3. The fourth-order valence-corrected chi connectivity index (χ4v) is 4.38. The number of guanidine groups is 1. The minimum Gasteiger partial charge on any atom is -0.493 e. The number of sulfonamides is 1. The van der Waals surface area contributed by atoms with Gasteiger partial charge in [-0.05, 0) is 37.1 Å². The third-order valence-electron chi connectivity index (χ3n) is 4.20. The quantitative estimate of drug-likeness (QED) is 0.414. The first-order valence-electron chi connectivity index (χ1n) is 9.54. The van der Waals surface area contributed by atoms with Crippen molar-refractivity contribution in [3.8, 4) is 11.5 Å². The van der Waals surface area contributed by atoms with Crippen molar-refractivity contribution in [2.45, 2.75) is 32.2 Å². The number of methoxy groups -OCH3 is 2. The standard InChI is InChI=1S/C21H30N4O4S/c1-15(2)25-30(26,27)14-17-9-7-6-8-16(17)13-23-21(22-3)24-18-10-11-19(28-4)20(12-18)29-5/h6-12,15,25H,13-14H2,1-5H3,(H2,22,23,24). The highest BCUT2D eigenvalue weighted by molar-refractivity contribution is 7.88. The Bertz CT molecular complexity index is 975. The van der Waals surface area contributed by atoms with Gasteiger partial charge in [-0.1, -0.05) is 24.3 Å². The van der Waals surface area contributed by atoms with Gasteiger partial charge in [0, 0.05) is 31.4 Å². The molecule has 2 aromatic carbocycles. The summed E-state index contributed by atoms with van der Waals surface area (Å²) < 4.78 is 37.8. The van der Waals surface area contributed by atoms with Gasteiger partial charge in [-0.3, -0.25) is 4.99 Å². The van der Waals surface area contributed by atoms with Gasteiger partial charge < -0.3 is 20.1 Å². The van der Waals surface area contributed by atoms with E-state index < -0.39 is 10.0 Å². The van der Waals surface area contributed by atoms with Crippen LogP contribution < -0.4 is 24.8 Å². The van der Waals surface area contributed by atoms with Gasteiger partial charge in [-0.25, -0.2) is 13.1 Å². The first-order valence-corrected chi connectivity index (χ1v) is 11.2. The molecule has 0 saturated heterocycles. The van der Waals surface area contributed by atoms with Crippen molar-refractivity contribution in [3.05, 3.63) is 53.6 Å². The van der Waals surface area contributed by atoms with Crippen LogP contribution in [0.4, 0.5) is 5.69 Å². The second-order valence-electron chi connectivity index (χ2n) is 6.92. The number of rotatable bonds is 9. The molecular formula is C21H30N4O4S. The Kier molecular flexibility index (Phi) is 8.49. The van der Waals surface area contributed by atoms with E-state index >= 15 is 0 Å². The number of anilines is 1. The smallest absolute Gasteiger partial charge is 0.216 e. The van der Waals surface area contributed by atoms with Crippen LogP contribution in [0.3, 0.4) is 0 Å². The lowest BCUT2D eigenvalue weighted by Crippen LogP contribution is -2.32. The first kappa shape index (κ1) is 23.5.